The molecule has 0 radical (unpaired) electrons. The van der Waals surface area contributed by atoms with Gasteiger partial charge >= 0.3 is 6.18 Å². The fourth-order valence-corrected chi connectivity index (χ4v) is 4.22. The summed E-state index contributed by atoms with van der Waals surface area (Å²) in [6.45, 7) is 4.56. The molecule has 0 bridgehead atoms. The van der Waals surface area contributed by atoms with Crippen molar-refractivity contribution in [2.24, 2.45) is 5.92 Å². The second kappa shape index (κ2) is 9.95. The molecule has 2 aromatic heterocycles. The highest BCUT2D eigenvalue weighted by molar-refractivity contribution is 7.15. The van der Waals surface area contributed by atoms with Gasteiger partial charge in [-0.1, -0.05) is 38.1 Å². The van der Waals surface area contributed by atoms with Crippen molar-refractivity contribution in [2.75, 3.05) is 13.7 Å². The van der Waals surface area contributed by atoms with Crippen LogP contribution in [0.3, 0.4) is 0 Å². The van der Waals surface area contributed by atoms with E-state index in [-0.39, 0.29) is 11.1 Å². The van der Waals surface area contributed by atoms with Gasteiger partial charge in [-0.05, 0) is 41.8 Å². The topological polar surface area (TPSA) is 52.8 Å². The number of methoxy groups -OCH3 is 1. The monoisotopic (exact) mass is 500 g/mol. The first kappa shape index (κ1) is 24.5. The van der Waals surface area contributed by atoms with Gasteiger partial charge < -0.3 is 9.47 Å². The van der Waals surface area contributed by atoms with Gasteiger partial charge in [-0.25, -0.2) is 4.98 Å². The molecule has 0 N–H and O–H groups in total. The van der Waals surface area contributed by atoms with Crippen molar-refractivity contribution in [2.45, 2.75) is 20.0 Å². The van der Waals surface area contributed by atoms with Gasteiger partial charge in [0.25, 0.3) is 5.56 Å². The highest BCUT2D eigenvalue weighted by atomic mass is 32.1. The molecule has 0 saturated carbocycles. The predicted molar refractivity (Wildman–Crippen MR) is 132 cm³/mol. The first-order chi connectivity index (χ1) is 16.7. The summed E-state index contributed by atoms with van der Waals surface area (Å²) in [5.74, 6) is 1.42. The van der Waals surface area contributed by atoms with Gasteiger partial charge in [0.2, 0.25) is 0 Å². The number of benzene rings is 2. The van der Waals surface area contributed by atoms with Crippen LogP contribution in [-0.2, 0) is 6.18 Å². The van der Waals surface area contributed by atoms with Crippen LogP contribution < -0.4 is 15.0 Å². The molecule has 0 fully saturated rings. The van der Waals surface area contributed by atoms with Crippen molar-refractivity contribution < 1.29 is 22.6 Å². The Hall–Kier alpha value is -3.59. The molecule has 4 rings (SSSR count). The summed E-state index contributed by atoms with van der Waals surface area (Å²) >= 11 is 1.29. The Bertz CT molecular complexity index is 1420. The van der Waals surface area contributed by atoms with Crippen LogP contribution in [0.25, 0.3) is 28.2 Å². The van der Waals surface area contributed by atoms with Crippen LogP contribution in [-0.4, -0.2) is 23.1 Å². The zero-order valence-corrected chi connectivity index (χ0v) is 20.1. The Kier molecular flexibility index (Phi) is 6.98. The molecule has 4 aromatic rings. The molecule has 0 unspecified atom stereocenters. The van der Waals surface area contributed by atoms with E-state index in [1.54, 1.807) is 36.9 Å². The average molecular weight is 501 g/mol. The van der Waals surface area contributed by atoms with Crippen molar-refractivity contribution in [3.63, 3.8) is 0 Å². The Morgan fingerprint density at radius 2 is 1.86 bits per heavy atom. The Morgan fingerprint density at radius 3 is 2.51 bits per heavy atom. The van der Waals surface area contributed by atoms with Crippen molar-refractivity contribution in [1.82, 2.24) is 9.38 Å². The number of fused-ring (bicyclic) bond motifs is 1. The standard InChI is InChI=1S/C26H23F3N2O3S/c1-16(2)15-34-23-18(5-4-6-21(23)33-3)9-12-20-22(24(32)31-13-14-35-25(31)30-20)17-7-10-19(11-8-17)26(27,28)29/h4-14,16H,15H2,1-3H3/b12-9+. The lowest BCUT2D eigenvalue weighted by atomic mass is 10.0. The Morgan fingerprint density at radius 1 is 1.11 bits per heavy atom. The van der Waals surface area contributed by atoms with Crippen LogP contribution in [0.15, 0.2) is 58.8 Å². The van der Waals surface area contributed by atoms with Gasteiger partial charge in [-0.3, -0.25) is 9.20 Å². The molecule has 0 amide bonds. The number of para-hydroxylation sites is 1. The zero-order valence-electron chi connectivity index (χ0n) is 19.3. The molecule has 0 atom stereocenters. The van der Waals surface area contributed by atoms with Crippen LogP contribution in [0.4, 0.5) is 13.2 Å². The van der Waals surface area contributed by atoms with Gasteiger partial charge in [0.05, 0.1) is 30.5 Å². The van der Waals surface area contributed by atoms with Gasteiger partial charge in [-0.2, -0.15) is 13.2 Å². The normalized spacial score (nSPS) is 12.1. The summed E-state index contributed by atoms with van der Waals surface area (Å²) in [6, 6.07) is 9.98. The largest absolute Gasteiger partial charge is 0.493 e. The highest BCUT2D eigenvalue weighted by Gasteiger charge is 2.30. The van der Waals surface area contributed by atoms with Gasteiger partial charge in [0.15, 0.2) is 16.5 Å². The van der Waals surface area contributed by atoms with E-state index in [0.29, 0.717) is 40.2 Å². The number of alkyl halides is 3. The third kappa shape index (κ3) is 5.24. The van der Waals surface area contributed by atoms with E-state index in [9.17, 15) is 18.0 Å². The third-order valence-electron chi connectivity index (χ3n) is 5.21. The zero-order chi connectivity index (χ0) is 25.2. The van der Waals surface area contributed by atoms with Crippen molar-refractivity contribution in [3.8, 4) is 22.6 Å². The smallest absolute Gasteiger partial charge is 0.416 e. The third-order valence-corrected chi connectivity index (χ3v) is 5.96. The van der Waals surface area contributed by atoms with Crippen molar-refractivity contribution in [1.29, 1.82) is 0 Å². The van der Waals surface area contributed by atoms with Gasteiger partial charge in [0.1, 0.15) is 0 Å². The summed E-state index contributed by atoms with van der Waals surface area (Å²) in [7, 11) is 1.56. The predicted octanol–water partition coefficient (Wildman–Crippen LogP) is 6.66. The van der Waals surface area contributed by atoms with Crippen LogP contribution in [0.1, 0.15) is 30.7 Å². The van der Waals surface area contributed by atoms with Crippen LogP contribution in [0, 0.1) is 5.92 Å². The first-order valence-corrected chi connectivity index (χ1v) is 11.7. The summed E-state index contributed by atoms with van der Waals surface area (Å²) in [5, 5.41) is 1.73. The van der Waals surface area contributed by atoms with Gasteiger partial charge in [-0.15, -0.1) is 11.3 Å². The fraction of sp³-hybridized carbons (Fsp3) is 0.231. The SMILES string of the molecule is COc1cccc(/C=C/c2nc3sccn3c(=O)c2-c2ccc(C(F)(F)F)cc2)c1OCC(C)C. The Balaban J connectivity index is 1.83. The van der Waals surface area contributed by atoms with E-state index in [4.69, 9.17) is 9.47 Å². The van der Waals surface area contributed by atoms with Gasteiger partial charge in [0, 0.05) is 17.1 Å². The highest BCUT2D eigenvalue weighted by Crippen LogP contribution is 2.34. The minimum absolute atomic E-state index is 0.207. The lowest BCUT2D eigenvalue weighted by molar-refractivity contribution is -0.137. The molecule has 182 valence electrons. The molecule has 9 heteroatoms. The molecule has 2 heterocycles. The molecule has 0 saturated heterocycles. The fourth-order valence-electron chi connectivity index (χ4n) is 3.51. The average Bonchev–Trinajstić information content (AvgIpc) is 3.30. The molecule has 5 nitrogen and oxygen atoms in total. The van der Waals surface area contributed by atoms with Crippen molar-refractivity contribution in [3.05, 3.63) is 81.2 Å². The maximum absolute atomic E-state index is 13.3. The number of aromatic nitrogens is 2. The molecule has 35 heavy (non-hydrogen) atoms. The summed E-state index contributed by atoms with van der Waals surface area (Å²) in [4.78, 5) is 18.4. The number of hydrogen-bond donors (Lipinski definition) is 0. The lowest BCUT2D eigenvalue weighted by Gasteiger charge is -2.15. The van der Waals surface area contributed by atoms with Crippen molar-refractivity contribution >= 4 is 28.4 Å². The number of ether oxygens (including phenoxy) is 2. The maximum Gasteiger partial charge on any atom is 0.416 e. The van der Waals surface area contributed by atoms with E-state index in [0.717, 1.165) is 17.7 Å². The summed E-state index contributed by atoms with van der Waals surface area (Å²) < 4.78 is 52.0. The maximum atomic E-state index is 13.3. The second-order valence-corrected chi connectivity index (χ2v) is 9.10. The van der Waals surface area contributed by atoms with E-state index < -0.39 is 11.7 Å². The molecular weight excluding hydrogens is 477 g/mol. The number of nitrogens with zero attached hydrogens (tertiary/aromatic N) is 2. The number of hydrogen-bond acceptors (Lipinski definition) is 5. The molecule has 0 aliphatic carbocycles. The Labute approximate surface area is 204 Å². The number of thiazole rings is 1. The van der Waals surface area contributed by atoms with E-state index in [1.807, 2.05) is 26.0 Å². The van der Waals surface area contributed by atoms with E-state index in [1.165, 1.54) is 27.9 Å². The van der Waals surface area contributed by atoms with E-state index in [2.05, 4.69) is 4.98 Å². The summed E-state index contributed by atoms with van der Waals surface area (Å²) in [6.07, 6.45) is 0.559. The molecule has 0 aliphatic rings. The van der Waals surface area contributed by atoms with Crippen LogP contribution in [0.5, 0.6) is 11.5 Å². The second-order valence-electron chi connectivity index (χ2n) is 8.22. The number of halogens is 3. The minimum Gasteiger partial charge on any atom is -0.493 e. The molecule has 2 aromatic carbocycles. The molecule has 0 spiro atoms. The number of rotatable bonds is 7. The summed E-state index contributed by atoms with van der Waals surface area (Å²) in [5.41, 5.74) is 0.464. The molecular formula is C26H23F3N2O3S. The first-order valence-electron chi connectivity index (χ1n) is 10.8. The lowest BCUT2D eigenvalue weighted by Crippen LogP contribution is -2.17. The minimum atomic E-state index is -4.47. The van der Waals surface area contributed by atoms with E-state index >= 15 is 0 Å². The van der Waals surface area contributed by atoms with Crippen LogP contribution in [0.2, 0.25) is 0 Å². The molecule has 0 aliphatic heterocycles. The quantitative estimate of drug-likeness (QED) is 0.285. The van der Waals surface area contributed by atoms with Crippen LogP contribution >= 0.6 is 11.3 Å².